The van der Waals surface area contributed by atoms with Gasteiger partial charge in [-0.2, -0.15) is 0 Å². The number of ether oxygens (including phenoxy) is 2. The fourth-order valence-corrected chi connectivity index (χ4v) is 1.23. The number of esters is 1. The molecule has 1 atom stereocenters. The van der Waals surface area contributed by atoms with Crippen molar-refractivity contribution >= 4 is 5.97 Å². The van der Waals surface area contributed by atoms with Crippen molar-refractivity contribution in [1.82, 2.24) is 5.32 Å². The first kappa shape index (κ1) is 9.48. The van der Waals surface area contributed by atoms with Crippen LogP contribution in [0.1, 0.15) is 6.42 Å². The van der Waals surface area contributed by atoms with Crippen molar-refractivity contribution in [1.29, 1.82) is 0 Å². The fourth-order valence-electron chi connectivity index (χ4n) is 1.23. The normalized spacial score (nSPS) is 22.6. The van der Waals surface area contributed by atoms with E-state index in [0.29, 0.717) is 12.5 Å². The lowest BCUT2D eigenvalue weighted by atomic mass is 10.1. The van der Waals surface area contributed by atoms with Gasteiger partial charge in [-0.1, -0.05) is 0 Å². The van der Waals surface area contributed by atoms with Gasteiger partial charge in [-0.25, -0.2) is 4.79 Å². The van der Waals surface area contributed by atoms with Crippen molar-refractivity contribution in [3.05, 3.63) is 0 Å². The van der Waals surface area contributed by atoms with E-state index in [0.717, 1.165) is 19.5 Å². The zero-order valence-electron chi connectivity index (χ0n) is 7.34. The van der Waals surface area contributed by atoms with E-state index in [4.69, 9.17) is 4.74 Å². The van der Waals surface area contributed by atoms with E-state index < -0.39 is 0 Å². The lowest BCUT2D eigenvalue weighted by molar-refractivity contribution is -0.149. The highest BCUT2D eigenvalue weighted by molar-refractivity contribution is 5.70. The molecule has 1 heterocycles. The summed E-state index contributed by atoms with van der Waals surface area (Å²) >= 11 is 0. The van der Waals surface area contributed by atoms with Crippen molar-refractivity contribution in [2.24, 2.45) is 5.92 Å². The van der Waals surface area contributed by atoms with Crippen LogP contribution in [0.2, 0.25) is 0 Å². The van der Waals surface area contributed by atoms with Gasteiger partial charge in [0.05, 0.1) is 6.61 Å². The first-order chi connectivity index (χ1) is 5.83. The summed E-state index contributed by atoms with van der Waals surface area (Å²) in [6, 6.07) is 0. The van der Waals surface area contributed by atoms with Crippen molar-refractivity contribution < 1.29 is 14.3 Å². The average molecular weight is 173 g/mol. The van der Waals surface area contributed by atoms with Gasteiger partial charge in [0.25, 0.3) is 0 Å². The summed E-state index contributed by atoms with van der Waals surface area (Å²) in [6.07, 6.45) is 1.10. The maximum Gasteiger partial charge on any atom is 0.332 e. The summed E-state index contributed by atoms with van der Waals surface area (Å²) in [6.45, 7) is 2.57. The van der Waals surface area contributed by atoms with E-state index in [2.05, 4.69) is 10.1 Å². The molecule has 0 spiro atoms. The summed E-state index contributed by atoms with van der Waals surface area (Å²) in [7, 11) is 1.48. The van der Waals surface area contributed by atoms with Crippen LogP contribution in [0.25, 0.3) is 0 Å². The summed E-state index contributed by atoms with van der Waals surface area (Å²) in [5.74, 6) is 0.218. The zero-order valence-corrected chi connectivity index (χ0v) is 7.34. The smallest absolute Gasteiger partial charge is 0.332 e. The Morgan fingerprint density at radius 2 is 2.50 bits per heavy atom. The molecule has 1 N–H and O–H groups in total. The van der Waals surface area contributed by atoms with E-state index >= 15 is 0 Å². The molecular weight excluding hydrogens is 158 g/mol. The highest BCUT2D eigenvalue weighted by atomic mass is 16.6. The van der Waals surface area contributed by atoms with E-state index in [9.17, 15) is 4.79 Å². The number of nitrogens with one attached hydrogen (secondary N) is 1. The van der Waals surface area contributed by atoms with Crippen LogP contribution in [0, 0.1) is 5.92 Å². The van der Waals surface area contributed by atoms with Gasteiger partial charge in [-0.15, -0.1) is 0 Å². The van der Waals surface area contributed by atoms with Crippen LogP contribution in [-0.2, 0) is 14.3 Å². The van der Waals surface area contributed by atoms with Gasteiger partial charge in [0, 0.05) is 19.6 Å². The lowest BCUT2D eigenvalue weighted by Gasteiger charge is -2.08. The van der Waals surface area contributed by atoms with Crippen molar-refractivity contribution in [2.75, 3.05) is 33.4 Å². The van der Waals surface area contributed by atoms with Crippen molar-refractivity contribution in [3.63, 3.8) is 0 Å². The Morgan fingerprint density at radius 3 is 3.08 bits per heavy atom. The summed E-state index contributed by atoms with van der Waals surface area (Å²) in [4.78, 5) is 10.8. The van der Waals surface area contributed by atoms with Crippen LogP contribution in [0.15, 0.2) is 0 Å². The Kier molecular flexibility index (Phi) is 4.04. The Balaban J connectivity index is 2.03. The Morgan fingerprint density at radius 1 is 1.67 bits per heavy atom. The second-order valence-corrected chi connectivity index (χ2v) is 2.97. The minimum Gasteiger partial charge on any atom is -0.464 e. The molecule has 4 heteroatoms. The zero-order chi connectivity index (χ0) is 8.81. The molecule has 0 saturated carbocycles. The molecule has 4 nitrogen and oxygen atoms in total. The fraction of sp³-hybridized carbons (Fsp3) is 0.875. The molecule has 1 saturated heterocycles. The number of rotatable bonds is 4. The van der Waals surface area contributed by atoms with Crippen LogP contribution in [0.4, 0.5) is 0 Å². The van der Waals surface area contributed by atoms with E-state index in [1.807, 2.05) is 0 Å². The molecule has 0 aromatic rings. The molecule has 1 aliphatic heterocycles. The molecule has 0 amide bonds. The quantitative estimate of drug-likeness (QED) is 0.597. The van der Waals surface area contributed by atoms with Gasteiger partial charge in [-0.3, -0.25) is 0 Å². The predicted octanol–water partition coefficient (Wildman–Crippen LogP) is -0.215. The first-order valence-corrected chi connectivity index (χ1v) is 4.18. The second-order valence-electron chi connectivity index (χ2n) is 2.97. The van der Waals surface area contributed by atoms with Crippen LogP contribution in [-0.4, -0.2) is 39.4 Å². The average Bonchev–Trinajstić information content (AvgIpc) is 2.53. The third-order valence-corrected chi connectivity index (χ3v) is 1.90. The molecule has 0 aromatic carbocycles. The molecular formula is C8H15NO3. The van der Waals surface area contributed by atoms with Gasteiger partial charge >= 0.3 is 5.97 Å². The number of methoxy groups -OCH3 is 1. The highest BCUT2D eigenvalue weighted by Crippen LogP contribution is 2.07. The monoisotopic (exact) mass is 173 g/mol. The van der Waals surface area contributed by atoms with Crippen molar-refractivity contribution in [3.8, 4) is 0 Å². The van der Waals surface area contributed by atoms with E-state index in [-0.39, 0.29) is 12.6 Å². The third kappa shape index (κ3) is 3.19. The Bertz CT molecular complexity index is 143. The Hall–Kier alpha value is -0.610. The van der Waals surface area contributed by atoms with Crippen LogP contribution in [0.5, 0.6) is 0 Å². The van der Waals surface area contributed by atoms with Gasteiger partial charge in [-0.05, 0) is 13.0 Å². The molecule has 1 aliphatic rings. The number of hydrogen-bond acceptors (Lipinski definition) is 4. The standard InChI is InChI=1S/C8H15NO3/c1-11-6-8(10)12-5-7-2-3-9-4-7/h7,9H,2-6H2,1H3/t7-/m1/s1. The lowest BCUT2D eigenvalue weighted by Crippen LogP contribution is -2.19. The molecule has 0 aliphatic carbocycles. The van der Waals surface area contributed by atoms with E-state index in [1.54, 1.807) is 0 Å². The molecule has 0 aromatic heterocycles. The molecule has 1 fully saturated rings. The molecule has 0 bridgehead atoms. The topological polar surface area (TPSA) is 47.6 Å². The van der Waals surface area contributed by atoms with Gasteiger partial charge in [0.2, 0.25) is 0 Å². The first-order valence-electron chi connectivity index (χ1n) is 4.18. The van der Waals surface area contributed by atoms with Crippen molar-refractivity contribution in [2.45, 2.75) is 6.42 Å². The molecule has 0 unspecified atom stereocenters. The maximum absolute atomic E-state index is 10.8. The molecule has 0 radical (unpaired) electrons. The van der Waals surface area contributed by atoms with Crippen LogP contribution >= 0.6 is 0 Å². The number of carbonyl (C=O) groups excluding carboxylic acids is 1. The molecule has 1 rings (SSSR count). The van der Waals surface area contributed by atoms with Gasteiger partial charge in [0.15, 0.2) is 0 Å². The number of carbonyl (C=O) groups is 1. The van der Waals surface area contributed by atoms with Gasteiger partial charge in [0.1, 0.15) is 6.61 Å². The highest BCUT2D eigenvalue weighted by Gasteiger charge is 2.15. The maximum atomic E-state index is 10.8. The number of hydrogen-bond donors (Lipinski definition) is 1. The Labute approximate surface area is 72.2 Å². The molecule has 12 heavy (non-hydrogen) atoms. The summed E-state index contributed by atoms with van der Waals surface area (Å²) < 4.78 is 9.59. The summed E-state index contributed by atoms with van der Waals surface area (Å²) in [5, 5.41) is 3.21. The van der Waals surface area contributed by atoms with Gasteiger partial charge < -0.3 is 14.8 Å². The third-order valence-electron chi connectivity index (χ3n) is 1.90. The SMILES string of the molecule is COCC(=O)OC[C@@H]1CCNC1. The minimum atomic E-state index is -0.274. The minimum absolute atomic E-state index is 0.0557. The molecule has 70 valence electrons. The van der Waals surface area contributed by atoms with Crippen LogP contribution in [0.3, 0.4) is 0 Å². The van der Waals surface area contributed by atoms with E-state index in [1.165, 1.54) is 7.11 Å². The largest absolute Gasteiger partial charge is 0.464 e. The van der Waals surface area contributed by atoms with Crippen LogP contribution < -0.4 is 5.32 Å². The summed E-state index contributed by atoms with van der Waals surface area (Å²) in [5.41, 5.74) is 0. The second kappa shape index (κ2) is 5.11. The predicted molar refractivity (Wildman–Crippen MR) is 43.8 cm³/mol.